The maximum absolute atomic E-state index is 13.2. The Labute approximate surface area is 214 Å². The average molecular weight is 522 g/mol. The molecular weight excluding hydrogens is 494 g/mol. The van der Waals surface area contributed by atoms with Crippen LogP contribution in [0.5, 0.6) is 5.75 Å². The minimum atomic E-state index is -3.78. The van der Waals surface area contributed by atoms with Crippen LogP contribution in [0.2, 0.25) is 0 Å². The van der Waals surface area contributed by atoms with Gasteiger partial charge in [-0.2, -0.15) is 4.99 Å². The third-order valence-electron chi connectivity index (χ3n) is 5.49. The van der Waals surface area contributed by atoms with Gasteiger partial charge in [0.15, 0.2) is 4.80 Å². The molecule has 0 spiro atoms. The van der Waals surface area contributed by atoms with Crippen molar-refractivity contribution in [1.29, 1.82) is 0 Å². The quantitative estimate of drug-likeness (QED) is 0.282. The Morgan fingerprint density at radius 2 is 1.81 bits per heavy atom. The SMILES string of the molecule is C=CCn1c(=NC(=O)c2ccc(S(=O)(=O)N(CC)c3ccccc3)cc2)sc2cc(OCC)ccc21. The summed E-state index contributed by atoms with van der Waals surface area (Å²) in [4.78, 5) is 18.0. The van der Waals surface area contributed by atoms with Gasteiger partial charge in [-0.3, -0.25) is 9.10 Å². The van der Waals surface area contributed by atoms with Crippen LogP contribution in [0.1, 0.15) is 24.2 Å². The largest absolute Gasteiger partial charge is 0.494 e. The molecule has 0 aliphatic heterocycles. The minimum Gasteiger partial charge on any atom is -0.494 e. The van der Waals surface area contributed by atoms with Crippen LogP contribution in [0.3, 0.4) is 0 Å². The Kier molecular flexibility index (Phi) is 7.71. The third-order valence-corrected chi connectivity index (χ3v) is 8.45. The summed E-state index contributed by atoms with van der Waals surface area (Å²) in [7, 11) is -3.78. The van der Waals surface area contributed by atoms with Crippen LogP contribution in [0.15, 0.2) is 95.3 Å². The number of hydrogen-bond acceptors (Lipinski definition) is 5. The molecule has 0 bridgehead atoms. The van der Waals surface area contributed by atoms with Crippen molar-refractivity contribution < 1.29 is 17.9 Å². The minimum absolute atomic E-state index is 0.108. The Morgan fingerprint density at radius 3 is 2.44 bits per heavy atom. The topological polar surface area (TPSA) is 81.0 Å². The molecule has 9 heteroatoms. The number of allylic oxidation sites excluding steroid dienone is 1. The Morgan fingerprint density at radius 1 is 1.08 bits per heavy atom. The van der Waals surface area contributed by atoms with E-state index in [2.05, 4.69) is 11.6 Å². The van der Waals surface area contributed by atoms with Crippen molar-refractivity contribution in [2.24, 2.45) is 4.99 Å². The van der Waals surface area contributed by atoms with Gasteiger partial charge in [-0.05, 0) is 68.4 Å². The molecule has 0 aliphatic carbocycles. The number of carbonyl (C=O) groups excluding carboxylic acids is 1. The van der Waals surface area contributed by atoms with Crippen LogP contribution in [0.25, 0.3) is 10.2 Å². The summed E-state index contributed by atoms with van der Waals surface area (Å²) in [6.07, 6.45) is 1.75. The molecule has 186 valence electrons. The number of rotatable bonds is 9. The summed E-state index contributed by atoms with van der Waals surface area (Å²) in [6.45, 7) is 8.85. The third kappa shape index (κ3) is 5.12. The molecule has 4 aromatic rings. The van der Waals surface area contributed by atoms with Crippen LogP contribution in [-0.2, 0) is 16.6 Å². The van der Waals surface area contributed by atoms with Crippen LogP contribution >= 0.6 is 11.3 Å². The molecule has 1 aromatic heterocycles. The fourth-order valence-electron chi connectivity index (χ4n) is 3.83. The molecule has 4 rings (SSSR count). The highest BCUT2D eigenvalue weighted by molar-refractivity contribution is 7.92. The Balaban J connectivity index is 1.66. The first-order chi connectivity index (χ1) is 17.4. The number of hydrogen-bond donors (Lipinski definition) is 0. The van der Waals surface area contributed by atoms with E-state index in [1.54, 1.807) is 37.3 Å². The van der Waals surface area contributed by atoms with E-state index in [4.69, 9.17) is 4.74 Å². The van der Waals surface area contributed by atoms with Gasteiger partial charge in [0.2, 0.25) is 0 Å². The van der Waals surface area contributed by atoms with Crippen molar-refractivity contribution in [3.8, 4) is 5.75 Å². The summed E-state index contributed by atoms with van der Waals surface area (Å²) in [6, 6.07) is 20.6. The molecule has 1 amide bonds. The number of benzene rings is 3. The molecule has 36 heavy (non-hydrogen) atoms. The van der Waals surface area contributed by atoms with Gasteiger partial charge in [-0.15, -0.1) is 6.58 Å². The number of carbonyl (C=O) groups is 1. The van der Waals surface area contributed by atoms with E-state index in [9.17, 15) is 13.2 Å². The van der Waals surface area contributed by atoms with E-state index < -0.39 is 15.9 Å². The molecule has 0 fully saturated rings. The predicted octanol–water partition coefficient (Wildman–Crippen LogP) is 5.24. The maximum Gasteiger partial charge on any atom is 0.279 e. The van der Waals surface area contributed by atoms with E-state index in [-0.39, 0.29) is 11.4 Å². The van der Waals surface area contributed by atoms with Crippen molar-refractivity contribution in [3.05, 3.63) is 95.8 Å². The number of nitrogens with zero attached hydrogens (tertiary/aromatic N) is 3. The first kappa shape index (κ1) is 25.4. The molecule has 0 saturated heterocycles. The Hall–Kier alpha value is -3.69. The van der Waals surface area contributed by atoms with Gasteiger partial charge in [0.25, 0.3) is 15.9 Å². The number of para-hydroxylation sites is 1. The number of sulfonamides is 1. The predicted molar refractivity (Wildman–Crippen MR) is 144 cm³/mol. The molecule has 0 N–H and O–H groups in total. The highest BCUT2D eigenvalue weighted by Gasteiger charge is 2.23. The highest BCUT2D eigenvalue weighted by Crippen LogP contribution is 2.25. The second-order valence-electron chi connectivity index (χ2n) is 7.79. The van der Waals surface area contributed by atoms with Crippen LogP contribution in [0.4, 0.5) is 5.69 Å². The fourth-order valence-corrected chi connectivity index (χ4v) is 6.37. The average Bonchev–Trinajstić information content (AvgIpc) is 3.21. The molecule has 0 radical (unpaired) electrons. The van der Waals surface area contributed by atoms with Crippen molar-refractivity contribution in [3.63, 3.8) is 0 Å². The first-order valence-electron chi connectivity index (χ1n) is 11.5. The summed E-state index contributed by atoms with van der Waals surface area (Å²) in [5.74, 6) is 0.298. The number of fused-ring (bicyclic) bond motifs is 1. The maximum atomic E-state index is 13.2. The molecule has 1 heterocycles. The molecule has 0 unspecified atom stereocenters. The molecule has 0 atom stereocenters. The standard InChI is InChI=1S/C27H27N3O4S2/c1-4-18-29-24-17-14-22(34-6-3)19-25(24)35-27(29)28-26(31)20-12-15-23(16-13-20)36(32,33)30(5-2)21-10-8-7-9-11-21/h4,7-17,19H,1,5-6,18H2,2-3H3. The van der Waals surface area contributed by atoms with E-state index in [0.29, 0.717) is 29.2 Å². The van der Waals surface area contributed by atoms with Crippen LogP contribution in [-0.4, -0.2) is 32.0 Å². The fraction of sp³-hybridized carbons (Fsp3) is 0.185. The number of amides is 1. The van der Waals surface area contributed by atoms with Gasteiger partial charge < -0.3 is 9.30 Å². The molecule has 7 nitrogen and oxygen atoms in total. The summed E-state index contributed by atoms with van der Waals surface area (Å²) < 4.78 is 36.2. The lowest BCUT2D eigenvalue weighted by molar-refractivity contribution is 0.0997. The van der Waals surface area contributed by atoms with E-state index in [1.807, 2.05) is 35.8 Å². The number of thiazole rings is 1. The summed E-state index contributed by atoms with van der Waals surface area (Å²) in [5, 5.41) is 0. The lowest BCUT2D eigenvalue weighted by Crippen LogP contribution is -2.30. The molecule has 0 saturated carbocycles. The van der Waals surface area contributed by atoms with Gasteiger partial charge >= 0.3 is 0 Å². The van der Waals surface area contributed by atoms with E-state index in [1.165, 1.54) is 39.9 Å². The molecule has 0 aliphatic rings. The first-order valence-corrected chi connectivity index (χ1v) is 13.8. The lowest BCUT2D eigenvalue weighted by Gasteiger charge is -2.22. The van der Waals surface area contributed by atoms with Gasteiger partial charge in [0.05, 0.1) is 27.4 Å². The van der Waals surface area contributed by atoms with Gasteiger partial charge in [0, 0.05) is 18.7 Å². The van der Waals surface area contributed by atoms with E-state index >= 15 is 0 Å². The highest BCUT2D eigenvalue weighted by atomic mass is 32.2. The normalized spacial score (nSPS) is 12.0. The second kappa shape index (κ2) is 10.9. The van der Waals surface area contributed by atoms with Gasteiger partial charge in [-0.1, -0.05) is 35.6 Å². The number of ether oxygens (including phenoxy) is 1. The smallest absolute Gasteiger partial charge is 0.279 e. The summed E-state index contributed by atoms with van der Waals surface area (Å²) >= 11 is 1.38. The monoisotopic (exact) mass is 521 g/mol. The zero-order valence-corrected chi connectivity index (χ0v) is 21.8. The number of aromatic nitrogens is 1. The van der Waals surface area contributed by atoms with Crippen molar-refractivity contribution in [2.75, 3.05) is 17.5 Å². The van der Waals surface area contributed by atoms with Gasteiger partial charge in [0.1, 0.15) is 5.75 Å². The van der Waals surface area contributed by atoms with Crippen LogP contribution in [0, 0.1) is 0 Å². The number of anilines is 1. The Bertz CT molecular complexity index is 1550. The van der Waals surface area contributed by atoms with Crippen LogP contribution < -0.4 is 13.8 Å². The zero-order valence-electron chi connectivity index (χ0n) is 20.1. The van der Waals surface area contributed by atoms with Crippen molar-refractivity contribution in [2.45, 2.75) is 25.3 Å². The molecular formula is C27H27N3O4S2. The summed E-state index contributed by atoms with van der Waals surface area (Å²) in [5.41, 5.74) is 1.81. The lowest BCUT2D eigenvalue weighted by atomic mass is 10.2. The van der Waals surface area contributed by atoms with E-state index in [0.717, 1.165) is 16.0 Å². The van der Waals surface area contributed by atoms with Crippen molar-refractivity contribution >= 4 is 43.2 Å². The second-order valence-corrected chi connectivity index (χ2v) is 10.7. The van der Waals surface area contributed by atoms with Gasteiger partial charge in [-0.25, -0.2) is 8.42 Å². The van der Waals surface area contributed by atoms with Crippen molar-refractivity contribution in [1.82, 2.24) is 4.57 Å². The molecule has 3 aromatic carbocycles. The zero-order chi connectivity index (χ0) is 25.7.